The third-order valence-electron chi connectivity index (χ3n) is 1.75. The Bertz CT molecular complexity index is 315. The molecule has 1 aromatic rings. The summed E-state index contributed by atoms with van der Waals surface area (Å²) in [6.45, 7) is 1.18. The molecule has 1 heterocycles. The first kappa shape index (κ1) is 9.85. The number of aromatic nitrogens is 1. The van der Waals surface area contributed by atoms with Gasteiger partial charge in [-0.1, -0.05) is 0 Å². The Balaban J connectivity index is 3.22. The lowest BCUT2D eigenvalue weighted by Crippen LogP contribution is -2.03. The Kier molecular flexibility index (Phi) is 2.77. The lowest BCUT2D eigenvalue weighted by atomic mass is 10.1. The van der Waals surface area contributed by atoms with Crippen LogP contribution >= 0.6 is 0 Å². The van der Waals surface area contributed by atoms with Gasteiger partial charge < -0.3 is 10.8 Å². The normalized spacial score (nSPS) is 10.8. The number of anilines is 1. The van der Waals surface area contributed by atoms with Crippen LogP contribution in [0.3, 0.4) is 0 Å². The maximum atomic E-state index is 12.2. The molecule has 0 bridgehead atoms. The molecule has 5 heteroatoms. The SMILES string of the molecule is Cc1nc(C(F)F)cc(CO)c1N. The number of halogens is 2. The summed E-state index contributed by atoms with van der Waals surface area (Å²) in [6, 6.07) is 1.12. The van der Waals surface area contributed by atoms with E-state index >= 15 is 0 Å². The Morgan fingerprint density at radius 1 is 1.62 bits per heavy atom. The molecule has 13 heavy (non-hydrogen) atoms. The van der Waals surface area contributed by atoms with Gasteiger partial charge in [0.15, 0.2) is 0 Å². The maximum Gasteiger partial charge on any atom is 0.280 e. The minimum absolute atomic E-state index is 0.270. The molecule has 1 aromatic heterocycles. The number of aryl methyl sites for hydroxylation is 1. The van der Waals surface area contributed by atoms with Crippen LogP contribution in [-0.4, -0.2) is 10.1 Å². The van der Waals surface area contributed by atoms with Crippen LogP contribution in [0.2, 0.25) is 0 Å². The first-order chi connectivity index (χ1) is 6.06. The maximum absolute atomic E-state index is 12.2. The van der Waals surface area contributed by atoms with Crippen molar-refractivity contribution in [2.45, 2.75) is 20.0 Å². The van der Waals surface area contributed by atoms with Crippen LogP contribution < -0.4 is 5.73 Å². The van der Waals surface area contributed by atoms with Crippen molar-refractivity contribution in [2.24, 2.45) is 0 Å². The van der Waals surface area contributed by atoms with E-state index in [1.165, 1.54) is 6.92 Å². The number of pyridine rings is 1. The van der Waals surface area contributed by atoms with Gasteiger partial charge in [0.1, 0.15) is 5.69 Å². The molecule has 0 amide bonds. The summed E-state index contributed by atoms with van der Waals surface area (Å²) in [4.78, 5) is 3.59. The smallest absolute Gasteiger partial charge is 0.280 e. The second-order valence-corrected chi connectivity index (χ2v) is 2.66. The van der Waals surface area contributed by atoms with Gasteiger partial charge in [-0.25, -0.2) is 13.8 Å². The minimum atomic E-state index is -2.63. The fourth-order valence-electron chi connectivity index (χ4n) is 1.02. The average molecular weight is 188 g/mol. The molecule has 1 rings (SSSR count). The van der Waals surface area contributed by atoms with Crippen molar-refractivity contribution in [1.29, 1.82) is 0 Å². The first-order valence-electron chi connectivity index (χ1n) is 3.71. The zero-order chi connectivity index (χ0) is 10.0. The average Bonchev–Trinajstić information content (AvgIpc) is 2.09. The molecule has 0 unspecified atom stereocenters. The molecule has 0 aliphatic rings. The molecule has 3 N–H and O–H groups in total. The molecule has 72 valence electrons. The van der Waals surface area contributed by atoms with Gasteiger partial charge in [0.2, 0.25) is 0 Å². The number of nitrogens with zero attached hydrogens (tertiary/aromatic N) is 1. The Labute approximate surface area is 74.2 Å². The highest BCUT2D eigenvalue weighted by molar-refractivity contribution is 5.50. The summed E-state index contributed by atoms with van der Waals surface area (Å²) in [5.41, 5.74) is 6.03. The van der Waals surface area contributed by atoms with Crippen LogP contribution in [0.1, 0.15) is 23.4 Å². The molecule has 0 atom stereocenters. The van der Waals surface area contributed by atoms with E-state index in [4.69, 9.17) is 10.8 Å². The van der Waals surface area contributed by atoms with Crippen molar-refractivity contribution in [3.8, 4) is 0 Å². The second kappa shape index (κ2) is 3.66. The number of hydrogen-bond donors (Lipinski definition) is 2. The van der Waals surface area contributed by atoms with E-state index < -0.39 is 6.43 Å². The zero-order valence-corrected chi connectivity index (χ0v) is 7.09. The van der Waals surface area contributed by atoms with Crippen LogP contribution in [-0.2, 0) is 6.61 Å². The van der Waals surface area contributed by atoms with E-state index in [2.05, 4.69) is 4.98 Å². The Hall–Kier alpha value is -1.23. The van der Waals surface area contributed by atoms with Crippen molar-refractivity contribution in [1.82, 2.24) is 4.98 Å². The van der Waals surface area contributed by atoms with E-state index in [0.717, 1.165) is 6.07 Å². The summed E-state index contributed by atoms with van der Waals surface area (Å²) in [5.74, 6) is 0. The van der Waals surface area contributed by atoms with Crippen molar-refractivity contribution in [3.63, 3.8) is 0 Å². The van der Waals surface area contributed by atoms with Gasteiger partial charge in [-0.05, 0) is 13.0 Å². The molecular weight excluding hydrogens is 178 g/mol. The molecule has 0 radical (unpaired) electrons. The summed E-state index contributed by atoms with van der Waals surface area (Å²) < 4.78 is 24.4. The lowest BCUT2D eigenvalue weighted by molar-refractivity contribution is 0.145. The van der Waals surface area contributed by atoms with Crippen LogP contribution in [0.15, 0.2) is 6.07 Å². The zero-order valence-electron chi connectivity index (χ0n) is 7.09. The molecule has 0 aliphatic carbocycles. The quantitative estimate of drug-likeness (QED) is 0.737. The molecule has 0 aliphatic heterocycles. The number of aliphatic hydroxyl groups excluding tert-OH is 1. The van der Waals surface area contributed by atoms with Crippen LogP contribution in [0.5, 0.6) is 0 Å². The number of nitrogen functional groups attached to an aromatic ring is 1. The summed E-state index contributed by atoms with van der Waals surface area (Å²) in [6.07, 6.45) is -2.63. The monoisotopic (exact) mass is 188 g/mol. The van der Waals surface area contributed by atoms with Gasteiger partial charge in [-0.3, -0.25) is 0 Å². The minimum Gasteiger partial charge on any atom is -0.397 e. The molecule has 0 saturated heterocycles. The predicted octanol–water partition coefficient (Wildman–Crippen LogP) is 1.40. The lowest BCUT2D eigenvalue weighted by Gasteiger charge is -2.08. The number of alkyl halides is 2. The Morgan fingerprint density at radius 3 is 2.69 bits per heavy atom. The third-order valence-corrected chi connectivity index (χ3v) is 1.75. The van der Waals surface area contributed by atoms with E-state index in [1.807, 2.05) is 0 Å². The van der Waals surface area contributed by atoms with E-state index in [-0.39, 0.29) is 18.0 Å². The van der Waals surface area contributed by atoms with Gasteiger partial charge in [0.05, 0.1) is 18.0 Å². The highest BCUT2D eigenvalue weighted by Crippen LogP contribution is 2.23. The van der Waals surface area contributed by atoms with E-state index in [1.54, 1.807) is 0 Å². The standard InChI is InChI=1S/C8H10F2N2O/c1-4-7(11)5(3-13)2-6(12-4)8(9)10/h2,8,13H,3,11H2,1H3. The van der Waals surface area contributed by atoms with Gasteiger partial charge >= 0.3 is 0 Å². The van der Waals surface area contributed by atoms with E-state index in [9.17, 15) is 8.78 Å². The fourth-order valence-corrected chi connectivity index (χ4v) is 1.02. The van der Waals surface area contributed by atoms with E-state index in [0.29, 0.717) is 11.3 Å². The molecular formula is C8H10F2N2O. The summed E-state index contributed by atoms with van der Waals surface area (Å²) in [5, 5.41) is 8.80. The fraction of sp³-hybridized carbons (Fsp3) is 0.375. The van der Waals surface area contributed by atoms with Crippen molar-refractivity contribution >= 4 is 5.69 Å². The third kappa shape index (κ3) is 1.92. The number of nitrogens with two attached hydrogens (primary N) is 1. The number of rotatable bonds is 2. The molecule has 0 spiro atoms. The molecule has 0 aromatic carbocycles. The first-order valence-corrected chi connectivity index (χ1v) is 3.71. The molecule has 3 nitrogen and oxygen atoms in total. The Morgan fingerprint density at radius 2 is 2.23 bits per heavy atom. The second-order valence-electron chi connectivity index (χ2n) is 2.66. The highest BCUT2D eigenvalue weighted by Gasteiger charge is 2.13. The van der Waals surface area contributed by atoms with Crippen LogP contribution in [0.4, 0.5) is 14.5 Å². The predicted molar refractivity (Wildman–Crippen MR) is 44.3 cm³/mol. The number of hydrogen-bond acceptors (Lipinski definition) is 3. The van der Waals surface area contributed by atoms with Crippen molar-refractivity contribution < 1.29 is 13.9 Å². The van der Waals surface area contributed by atoms with Gasteiger partial charge in [-0.15, -0.1) is 0 Å². The highest BCUT2D eigenvalue weighted by atomic mass is 19.3. The van der Waals surface area contributed by atoms with Crippen molar-refractivity contribution in [2.75, 3.05) is 5.73 Å². The molecule has 0 fully saturated rings. The summed E-state index contributed by atoms with van der Waals surface area (Å²) >= 11 is 0. The summed E-state index contributed by atoms with van der Waals surface area (Å²) in [7, 11) is 0. The van der Waals surface area contributed by atoms with Gasteiger partial charge in [-0.2, -0.15) is 0 Å². The largest absolute Gasteiger partial charge is 0.397 e. The van der Waals surface area contributed by atoms with Gasteiger partial charge in [0, 0.05) is 5.56 Å². The topological polar surface area (TPSA) is 59.1 Å². The molecule has 0 saturated carbocycles. The van der Waals surface area contributed by atoms with Crippen LogP contribution in [0.25, 0.3) is 0 Å². The van der Waals surface area contributed by atoms with Crippen LogP contribution in [0, 0.1) is 6.92 Å². The van der Waals surface area contributed by atoms with Gasteiger partial charge in [0.25, 0.3) is 6.43 Å². The van der Waals surface area contributed by atoms with Crippen molar-refractivity contribution in [3.05, 3.63) is 23.0 Å². The number of aliphatic hydroxyl groups is 1.